The Labute approximate surface area is 146 Å². The van der Waals surface area contributed by atoms with Crippen molar-refractivity contribution in [2.45, 2.75) is 16.3 Å². The van der Waals surface area contributed by atoms with Crippen molar-refractivity contribution < 1.29 is 36.2 Å². The lowest BCUT2D eigenvalue weighted by Crippen LogP contribution is -2.28. The minimum atomic E-state index is -5.09. The monoisotopic (exact) mass is 385 g/mol. The van der Waals surface area contributed by atoms with Crippen LogP contribution in [0, 0.1) is 12.4 Å². The molecule has 2 aromatic carbocycles. The first-order valence-electron chi connectivity index (χ1n) is 7.00. The molecule has 0 amide bonds. The van der Waals surface area contributed by atoms with Crippen LogP contribution in [0.1, 0.15) is 11.7 Å². The quantitative estimate of drug-likeness (QED) is 0.817. The summed E-state index contributed by atoms with van der Waals surface area (Å²) in [6, 6.07) is 5.01. The average Bonchev–Trinajstić information content (AvgIpc) is 2.72. The number of methoxy groups -OCH3 is 1. The first-order chi connectivity index (χ1) is 12.1. The molecule has 10 heteroatoms. The molecule has 0 saturated carbocycles. The Hall–Kier alpha value is -2.77. The molecule has 1 unspecified atom stereocenters. The maximum atomic E-state index is 13.9. The Kier molecular flexibility index (Phi) is 4.09. The second-order valence-corrected chi connectivity index (χ2v) is 7.33. The zero-order valence-corrected chi connectivity index (χ0v) is 13.9. The fourth-order valence-electron chi connectivity index (χ4n) is 2.61. The number of hydrogen-bond donors (Lipinski definition) is 1. The molecular weight excluding hydrogens is 375 g/mol. The van der Waals surface area contributed by atoms with Crippen LogP contribution < -0.4 is 9.47 Å². The van der Waals surface area contributed by atoms with Gasteiger partial charge in [-0.2, -0.15) is 8.78 Å². The van der Waals surface area contributed by atoms with Crippen molar-refractivity contribution in [2.24, 2.45) is 0 Å². The van der Waals surface area contributed by atoms with Gasteiger partial charge in [-0.25, -0.2) is 17.7 Å². The highest BCUT2D eigenvalue weighted by Crippen LogP contribution is 2.54. The lowest BCUT2D eigenvalue weighted by molar-refractivity contribution is -0.0385. The third-order valence-corrected chi connectivity index (χ3v) is 5.65. The standard InChI is InChI=1S/C16H10F3NO5S/c1-20-9-5-8(17)6-10(7-9)25-11-3-4-12-13(14(11)24-2)15(21)16(18,19)26(12,22)23/h3-7,15,21H,2H3. The van der Waals surface area contributed by atoms with Crippen molar-refractivity contribution in [3.05, 3.63) is 53.1 Å². The van der Waals surface area contributed by atoms with Crippen LogP contribution in [0.3, 0.4) is 0 Å². The number of sulfone groups is 1. The van der Waals surface area contributed by atoms with Crippen LogP contribution in [0.25, 0.3) is 4.85 Å². The van der Waals surface area contributed by atoms with Crippen LogP contribution >= 0.6 is 0 Å². The highest BCUT2D eigenvalue weighted by atomic mass is 32.2. The van der Waals surface area contributed by atoms with E-state index in [1.54, 1.807) is 0 Å². The molecular formula is C16H10F3NO5S. The molecule has 0 aliphatic carbocycles. The van der Waals surface area contributed by atoms with Crippen molar-refractivity contribution in [3.63, 3.8) is 0 Å². The summed E-state index contributed by atoms with van der Waals surface area (Å²) in [5.74, 6) is -1.54. The van der Waals surface area contributed by atoms with Gasteiger partial charge in [-0.3, -0.25) is 0 Å². The number of nitrogens with zero attached hydrogens (tertiary/aromatic N) is 1. The van der Waals surface area contributed by atoms with Gasteiger partial charge in [0.2, 0.25) is 9.84 Å². The largest absolute Gasteiger partial charge is 0.492 e. The molecule has 1 atom stereocenters. The van der Waals surface area contributed by atoms with E-state index in [0.717, 1.165) is 31.4 Å². The van der Waals surface area contributed by atoms with Gasteiger partial charge in [0.1, 0.15) is 11.6 Å². The second kappa shape index (κ2) is 5.89. The minimum Gasteiger partial charge on any atom is -0.492 e. The summed E-state index contributed by atoms with van der Waals surface area (Å²) in [6.07, 6.45) is -2.65. The van der Waals surface area contributed by atoms with Crippen molar-refractivity contribution in [1.82, 2.24) is 0 Å². The molecule has 136 valence electrons. The van der Waals surface area contributed by atoms with Gasteiger partial charge in [0.25, 0.3) is 0 Å². The number of benzene rings is 2. The highest BCUT2D eigenvalue weighted by Gasteiger charge is 2.61. The molecule has 0 fully saturated rings. The van der Waals surface area contributed by atoms with E-state index in [4.69, 9.17) is 16.0 Å². The number of hydrogen-bond acceptors (Lipinski definition) is 5. The first-order valence-corrected chi connectivity index (χ1v) is 8.49. The van der Waals surface area contributed by atoms with Crippen molar-refractivity contribution in [2.75, 3.05) is 7.11 Å². The predicted octanol–water partition coefficient (Wildman–Crippen LogP) is 3.59. The molecule has 26 heavy (non-hydrogen) atoms. The summed E-state index contributed by atoms with van der Waals surface area (Å²) < 4.78 is 75.5. The van der Waals surface area contributed by atoms with Gasteiger partial charge in [-0.15, -0.1) is 0 Å². The van der Waals surface area contributed by atoms with E-state index in [-0.39, 0.29) is 17.2 Å². The zero-order chi connectivity index (χ0) is 19.3. The molecule has 0 saturated heterocycles. The topological polar surface area (TPSA) is 77.2 Å². The van der Waals surface area contributed by atoms with Crippen LogP contribution in [0.15, 0.2) is 35.2 Å². The molecule has 1 aliphatic heterocycles. The summed E-state index contributed by atoms with van der Waals surface area (Å²) in [5, 5.41) is 5.39. The van der Waals surface area contributed by atoms with Gasteiger partial charge < -0.3 is 14.6 Å². The van der Waals surface area contributed by atoms with Crippen molar-refractivity contribution >= 4 is 15.5 Å². The lowest BCUT2D eigenvalue weighted by atomic mass is 10.1. The Morgan fingerprint density at radius 1 is 1.27 bits per heavy atom. The minimum absolute atomic E-state index is 0.0609. The third-order valence-electron chi connectivity index (χ3n) is 3.78. The predicted molar refractivity (Wildman–Crippen MR) is 82.8 cm³/mol. The van der Waals surface area contributed by atoms with E-state index in [1.165, 1.54) is 6.07 Å². The summed E-state index contributed by atoms with van der Waals surface area (Å²) in [5.41, 5.74) is -0.703. The molecule has 1 N–H and O–H groups in total. The molecule has 0 aromatic heterocycles. The Balaban J connectivity index is 2.15. The van der Waals surface area contributed by atoms with Gasteiger partial charge in [0.15, 0.2) is 23.3 Å². The SMILES string of the molecule is [C-]#[N+]c1cc(F)cc(Oc2ccc3c(c2OC)C(O)C(F)(F)S3(=O)=O)c1. The number of alkyl halides is 2. The second-order valence-electron chi connectivity index (χ2n) is 5.34. The van der Waals surface area contributed by atoms with Crippen molar-refractivity contribution in [3.8, 4) is 17.2 Å². The van der Waals surface area contributed by atoms with Crippen LogP contribution in [-0.2, 0) is 9.84 Å². The fraction of sp³-hybridized carbons (Fsp3) is 0.188. The number of rotatable bonds is 3. The molecule has 0 radical (unpaired) electrons. The molecule has 3 rings (SSSR count). The smallest absolute Gasteiger partial charge is 0.379 e. The fourth-order valence-corrected chi connectivity index (χ4v) is 4.05. The summed E-state index contributed by atoms with van der Waals surface area (Å²) in [4.78, 5) is 2.29. The number of aliphatic hydroxyl groups is 1. The Morgan fingerprint density at radius 2 is 1.96 bits per heavy atom. The Morgan fingerprint density at radius 3 is 2.58 bits per heavy atom. The third kappa shape index (κ3) is 2.48. The van der Waals surface area contributed by atoms with Gasteiger partial charge in [0.05, 0.1) is 24.1 Å². The number of aliphatic hydroxyl groups excluding tert-OH is 1. The van der Waals surface area contributed by atoms with Gasteiger partial charge in [-0.1, -0.05) is 0 Å². The number of fused-ring (bicyclic) bond motifs is 1. The van der Waals surface area contributed by atoms with E-state index in [1.807, 2.05) is 0 Å². The van der Waals surface area contributed by atoms with Crippen LogP contribution in [0.4, 0.5) is 18.9 Å². The van der Waals surface area contributed by atoms with E-state index < -0.39 is 43.2 Å². The summed E-state index contributed by atoms with van der Waals surface area (Å²) in [7, 11) is -4.01. The van der Waals surface area contributed by atoms with Crippen LogP contribution in [0.5, 0.6) is 17.2 Å². The van der Waals surface area contributed by atoms with E-state index in [9.17, 15) is 26.7 Å². The number of halogens is 3. The Bertz CT molecular complexity index is 1050. The van der Waals surface area contributed by atoms with Gasteiger partial charge in [-0.05, 0) is 24.3 Å². The highest BCUT2D eigenvalue weighted by molar-refractivity contribution is 7.92. The first kappa shape index (κ1) is 18.0. The molecule has 6 nitrogen and oxygen atoms in total. The van der Waals surface area contributed by atoms with E-state index >= 15 is 0 Å². The lowest BCUT2D eigenvalue weighted by Gasteiger charge is -2.16. The number of ether oxygens (including phenoxy) is 2. The molecule has 0 spiro atoms. The maximum Gasteiger partial charge on any atom is 0.379 e. The van der Waals surface area contributed by atoms with E-state index in [2.05, 4.69) is 4.85 Å². The normalized spacial score (nSPS) is 19.5. The molecule has 0 bridgehead atoms. The van der Waals surface area contributed by atoms with Crippen molar-refractivity contribution in [1.29, 1.82) is 0 Å². The molecule has 1 aliphatic rings. The molecule has 1 heterocycles. The van der Waals surface area contributed by atoms with E-state index in [0.29, 0.717) is 0 Å². The molecule has 2 aromatic rings. The van der Waals surface area contributed by atoms with Gasteiger partial charge in [0, 0.05) is 6.07 Å². The average molecular weight is 385 g/mol. The van der Waals surface area contributed by atoms with Crippen LogP contribution in [-0.4, -0.2) is 25.9 Å². The van der Waals surface area contributed by atoms with Gasteiger partial charge >= 0.3 is 5.25 Å². The van der Waals surface area contributed by atoms with Crippen LogP contribution in [0.2, 0.25) is 0 Å². The zero-order valence-electron chi connectivity index (χ0n) is 13.0. The summed E-state index contributed by atoms with van der Waals surface area (Å²) in [6.45, 7) is 6.90. The maximum absolute atomic E-state index is 13.9. The summed E-state index contributed by atoms with van der Waals surface area (Å²) >= 11 is 0.